The van der Waals surface area contributed by atoms with Gasteiger partial charge in [0, 0.05) is 15.3 Å². The van der Waals surface area contributed by atoms with Crippen molar-refractivity contribution in [3.05, 3.63) is 69.8 Å². The maximum absolute atomic E-state index is 14.2. The first-order chi connectivity index (χ1) is 9.70. The fraction of sp³-hybridized carbons (Fsp3) is 0.125. The molecule has 0 spiro atoms. The summed E-state index contributed by atoms with van der Waals surface area (Å²) >= 11 is 7.50. The van der Waals surface area contributed by atoms with E-state index in [4.69, 9.17) is 11.6 Å². The van der Waals surface area contributed by atoms with Crippen LogP contribution < -0.4 is 5.32 Å². The molecule has 3 rings (SSSR count). The molecular weight excluding hydrogens is 293 g/mol. The minimum Gasteiger partial charge on any atom is -0.309 e. The summed E-state index contributed by atoms with van der Waals surface area (Å²) < 4.78 is 15.4. The van der Waals surface area contributed by atoms with Gasteiger partial charge in [-0.2, -0.15) is 0 Å². The van der Waals surface area contributed by atoms with Gasteiger partial charge in [0.15, 0.2) is 0 Å². The van der Waals surface area contributed by atoms with E-state index in [1.807, 2.05) is 19.2 Å². The van der Waals surface area contributed by atoms with Gasteiger partial charge < -0.3 is 5.32 Å². The molecule has 3 aromatic rings. The first-order valence-electron chi connectivity index (χ1n) is 6.29. The highest BCUT2D eigenvalue weighted by molar-refractivity contribution is 7.17. The molecule has 1 nitrogen and oxygen atoms in total. The largest absolute Gasteiger partial charge is 0.309 e. The minimum atomic E-state index is -0.285. The van der Waals surface area contributed by atoms with Crippen LogP contribution in [0, 0.1) is 5.82 Å². The number of thiophene rings is 1. The third-order valence-electron chi connectivity index (χ3n) is 3.38. The highest BCUT2D eigenvalue weighted by Gasteiger charge is 2.19. The summed E-state index contributed by atoms with van der Waals surface area (Å²) in [5.41, 5.74) is 1.70. The summed E-state index contributed by atoms with van der Waals surface area (Å²) in [6.07, 6.45) is 0. The van der Waals surface area contributed by atoms with Crippen LogP contribution in [0.2, 0.25) is 5.02 Å². The van der Waals surface area contributed by atoms with Gasteiger partial charge >= 0.3 is 0 Å². The van der Waals surface area contributed by atoms with Gasteiger partial charge in [-0.1, -0.05) is 35.9 Å². The van der Waals surface area contributed by atoms with Gasteiger partial charge in [0.25, 0.3) is 0 Å². The Hall–Kier alpha value is -1.42. The molecule has 4 heteroatoms. The summed E-state index contributed by atoms with van der Waals surface area (Å²) in [5, 5.41) is 6.85. The van der Waals surface area contributed by atoms with Crippen LogP contribution in [0.3, 0.4) is 0 Å². The van der Waals surface area contributed by atoms with E-state index in [9.17, 15) is 4.39 Å². The highest BCUT2D eigenvalue weighted by atomic mass is 35.5. The molecule has 0 radical (unpaired) electrons. The van der Waals surface area contributed by atoms with Crippen LogP contribution in [-0.4, -0.2) is 7.05 Å². The van der Waals surface area contributed by atoms with E-state index in [0.29, 0.717) is 10.6 Å². The van der Waals surface area contributed by atoms with Crippen molar-refractivity contribution in [3.63, 3.8) is 0 Å². The second-order valence-electron chi connectivity index (χ2n) is 4.57. The van der Waals surface area contributed by atoms with E-state index in [1.165, 1.54) is 10.8 Å². The molecular formula is C16H13ClFNS. The number of benzene rings is 2. The molecule has 0 aliphatic carbocycles. The van der Waals surface area contributed by atoms with Crippen molar-refractivity contribution in [1.82, 2.24) is 5.32 Å². The average molecular weight is 306 g/mol. The van der Waals surface area contributed by atoms with Gasteiger partial charge in [-0.05, 0) is 41.6 Å². The number of nitrogens with one attached hydrogen (secondary N) is 1. The SMILES string of the molecule is CNC(c1ccc(Cl)cc1F)c1csc2ccccc12. The standard InChI is InChI=1S/C16H13ClFNS/c1-19-16(12-7-6-10(17)8-14(12)18)13-9-20-15-5-3-2-4-11(13)15/h2-9,16,19H,1H3. The Morgan fingerprint density at radius 3 is 2.70 bits per heavy atom. The van der Waals surface area contributed by atoms with Crippen LogP contribution in [0.25, 0.3) is 10.1 Å². The summed E-state index contributed by atoms with van der Waals surface area (Å²) in [7, 11) is 1.84. The lowest BCUT2D eigenvalue weighted by Crippen LogP contribution is -2.18. The lowest BCUT2D eigenvalue weighted by Gasteiger charge is -2.17. The second-order valence-corrected chi connectivity index (χ2v) is 5.92. The molecule has 0 fully saturated rings. The molecule has 102 valence electrons. The second kappa shape index (κ2) is 5.52. The Balaban J connectivity index is 2.14. The minimum absolute atomic E-state index is 0.177. The van der Waals surface area contributed by atoms with Gasteiger partial charge in [-0.3, -0.25) is 0 Å². The maximum atomic E-state index is 14.2. The third kappa shape index (κ3) is 2.33. The molecule has 0 aliphatic rings. The van der Waals surface area contributed by atoms with Crippen molar-refractivity contribution >= 4 is 33.0 Å². The van der Waals surface area contributed by atoms with E-state index in [0.717, 1.165) is 10.9 Å². The van der Waals surface area contributed by atoms with Gasteiger partial charge in [0.05, 0.1) is 6.04 Å². The van der Waals surface area contributed by atoms with Crippen molar-refractivity contribution < 1.29 is 4.39 Å². The smallest absolute Gasteiger partial charge is 0.129 e. The normalized spacial score (nSPS) is 12.8. The van der Waals surface area contributed by atoms with E-state index in [-0.39, 0.29) is 11.9 Å². The Bertz CT molecular complexity index is 753. The van der Waals surface area contributed by atoms with Crippen molar-refractivity contribution in [2.45, 2.75) is 6.04 Å². The van der Waals surface area contributed by atoms with Crippen LogP contribution in [0.4, 0.5) is 4.39 Å². The fourth-order valence-corrected chi connectivity index (χ4v) is 3.58. The maximum Gasteiger partial charge on any atom is 0.129 e. The molecule has 0 aliphatic heterocycles. The van der Waals surface area contributed by atoms with Crippen molar-refractivity contribution in [2.75, 3.05) is 7.05 Å². The molecule has 1 N–H and O–H groups in total. The molecule has 1 unspecified atom stereocenters. The van der Waals surface area contributed by atoms with Crippen molar-refractivity contribution in [3.8, 4) is 0 Å². The number of halogens is 2. The number of fused-ring (bicyclic) bond motifs is 1. The highest BCUT2D eigenvalue weighted by Crippen LogP contribution is 2.34. The van der Waals surface area contributed by atoms with Crippen LogP contribution in [0.15, 0.2) is 47.8 Å². The van der Waals surface area contributed by atoms with E-state index >= 15 is 0 Å². The van der Waals surface area contributed by atoms with E-state index in [1.54, 1.807) is 23.5 Å². The number of hydrogen-bond acceptors (Lipinski definition) is 2. The van der Waals surface area contributed by atoms with Crippen LogP contribution in [-0.2, 0) is 0 Å². The first kappa shape index (κ1) is 13.6. The molecule has 2 aromatic carbocycles. The van der Waals surface area contributed by atoms with Crippen LogP contribution >= 0.6 is 22.9 Å². The summed E-state index contributed by atoms with van der Waals surface area (Å²) in [5.74, 6) is -0.285. The summed E-state index contributed by atoms with van der Waals surface area (Å²) in [4.78, 5) is 0. The van der Waals surface area contributed by atoms with Crippen LogP contribution in [0.1, 0.15) is 17.2 Å². The molecule has 1 heterocycles. The van der Waals surface area contributed by atoms with Gasteiger partial charge in [-0.15, -0.1) is 11.3 Å². The van der Waals surface area contributed by atoms with Gasteiger partial charge in [-0.25, -0.2) is 4.39 Å². The number of hydrogen-bond donors (Lipinski definition) is 1. The Morgan fingerprint density at radius 1 is 1.15 bits per heavy atom. The molecule has 0 amide bonds. The zero-order valence-corrected chi connectivity index (χ0v) is 12.4. The topological polar surface area (TPSA) is 12.0 Å². The fourth-order valence-electron chi connectivity index (χ4n) is 2.44. The number of rotatable bonds is 3. The monoisotopic (exact) mass is 305 g/mol. The summed E-state index contributed by atoms with van der Waals surface area (Å²) in [6.45, 7) is 0. The predicted octanol–water partition coefficient (Wildman–Crippen LogP) is 5.00. The third-order valence-corrected chi connectivity index (χ3v) is 4.60. The zero-order valence-electron chi connectivity index (χ0n) is 10.9. The van der Waals surface area contributed by atoms with Crippen molar-refractivity contribution in [2.24, 2.45) is 0 Å². The quantitative estimate of drug-likeness (QED) is 0.718. The molecule has 0 saturated carbocycles. The molecule has 1 aromatic heterocycles. The molecule has 20 heavy (non-hydrogen) atoms. The van der Waals surface area contributed by atoms with E-state index < -0.39 is 0 Å². The Kier molecular flexibility index (Phi) is 3.74. The zero-order chi connectivity index (χ0) is 14.1. The molecule has 0 saturated heterocycles. The average Bonchev–Trinajstić information content (AvgIpc) is 2.86. The Morgan fingerprint density at radius 2 is 1.95 bits per heavy atom. The first-order valence-corrected chi connectivity index (χ1v) is 7.55. The molecule has 1 atom stereocenters. The molecule has 0 bridgehead atoms. The lowest BCUT2D eigenvalue weighted by atomic mass is 9.98. The van der Waals surface area contributed by atoms with Crippen molar-refractivity contribution in [1.29, 1.82) is 0 Å². The van der Waals surface area contributed by atoms with Crippen LogP contribution in [0.5, 0.6) is 0 Å². The lowest BCUT2D eigenvalue weighted by molar-refractivity contribution is 0.578. The summed E-state index contributed by atoms with van der Waals surface area (Å²) in [6, 6.07) is 12.8. The van der Waals surface area contributed by atoms with Gasteiger partial charge in [0.2, 0.25) is 0 Å². The Labute approximate surface area is 126 Å². The predicted molar refractivity (Wildman–Crippen MR) is 84.1 cm³/mol. The van der Waals surface area contributed by atoms with Gasteiger partial charge in [0.1, 0.15) is 5.82 Å². The van der Waals surface area contributed by atoms with E-state index in [2.05, 4.69) is 22.8 Å².